The summed E-state index contributed by atoms with van der Waals surface area (Å²) < 4.78 is 5.20. The topological polar surface area (TPSA) is 84.7 Å². The first-order valence-electron chi connectivity index (χ1n) is 9.66. The molecule has 1 saturated carbocycles. The number of ether oxygens (including phenoxy) is 1. The van der Waals surface area contributed by atoms with Crippen molar-refractivity contribution in [3.05, 3.63) is 12.2 Å². The maximum absolute atomic E-state index is 13.3. The van der Waals surface area contributed by atoms with Crippen molar-refractivity contribution in [1.82, 2.24) is 10.2 Å². The zero-order chi connectivity index (χ0) is 19.7. The Morgan fingerprint density at radius 2 is 1.85 bits per heavy atom. The third-order valence-corrected chi connectivity index (χ3v) is 5.40. The van der Waals surface area contributed by atoms with E-state index in [1.165, 1.54) is 6.42 Å². The standard InChI is InChI=1S/C20H35N3O3/c1-13(2)16-19(3,4)12-23(16)17(24)15(14-10-8-7-9-11-14)22-18(25)26-20(5,6)21/h14-16H,1,7-12,21H2,2-6H3,(H,22,25). The smallest absolute Gasteiger partial charge is 0.409 e. The van der Waals surface area contributed by atoms with Crippen molar-refractivity contribution >= 4 is 12.0 Å². The first kappa shape index (κ1) is 20.7. The number of likely N-dealkylation sites (tertiary alicyclic amines) is 1. The Balaban J connectivity index is 2.16. The van der Waals surface area contributed by atoms with Crippen LogP contribution in [0.4, 0.5) is 4.79 Å². The Morgan fingerprint density at radius 1 is 1.27 bits per heavy atom. The lowest BCUT2D eigenvalue weighted by Gasteiger charge is -2.56. The molecule has 0 aromatic heterocycles. The molecule has 26 heavy (non-hydrogen) atoms. The minimum atomic E-state index is -1.08. The summed E-state index contributed by atoms with van der Waals surface area (Å²) in [7, 11) is 0. The average Bonchev–Trinajstić information content (AvgIpc) is 2.48. The van der Waals surface area contributed by atoms with E-state index in [-0.39, 0.29) is 23.3 Å². The summed E-state index contributed by atoms with van der Waals surface area (Å²) >= 11 is 0. The van der Waals surface area contributed by atoms with Gasteiger partial charge in [-0.15, -0.1) is 0 Å². The van der Waals surface area contributed by atoms with Crippen LogP contribution in [-0.2, 0) is 9.53 Å². The number of alkyl carbamates (subject to hydrolysis) is 1. The van der Waals surface area contributed by atoms with Gasteiger partial charge in [0.2, 0.25) is 5.91 Å². The lowest BCUT2D eigenvalue weighted by Crippen LogP contribution is -2.68. The number of hydrogen-bond acceptors (Lipinski definition) is 4. The lowest BCUT2D eigenvalue weighted by atomic mass is 9.71. The van der Waals surface area contributed by atoms with Gasteiger partial charge in [0.25, 0.3) is 0 Å². The van der Waals surface area contributed by atoms with Crippen molar-refractivity contribution in [3.8, 4) is 0 Å². The Bertz CT molecular complexity index is 559. The third-order valence-electron chi connectivity index (χ3n) is 5.40. The fourth-order valence-electron chi connectivity index (χ4n) is 4.49. The van der Waals surface area contributed by atoms with Gasteiger partial charge in [0.05, 0.1) is 6.04 Å². The molecule has 6 nitrogen and oxygen atoms in total. The SMILES string of the molecule is C=C(C)C1N(C(=O)C(NC(=O)OC(C)(C)N)C2CCCCC2)CC1(C)C. The molecule has 0 spiro atoms. The number of rotatable bonds is 5. The predicted molar refractivity (Wildman–Crippen MR) is 102 cm³/mol. The van der Waals surface area contributed by atoms with Crippen LogP contribution in [-0.4, -0.2) is 41.3 Å². The second-order valence-corrected chi connectivity index (χ2v) is 9.22. The Kier molecular flexibility index (Phi) is 6.06. The summed E-state index contributed by atoms with van der Waals surface area (Å²) in [4.78, 5) is 27.5. The van der Waals surface area contributed by atoms with E-state index >= 15 is 0 Å². The second-order valence-electron chi connectivity index (χ2n) is 9.22. The molecule has 0 radical (unpaired) electrons. The van der Waals surface area contributed by atoms with Gasteiger partial charge in [-0.25, -0.2) is 4.79 Å². The van der Waals surface area contributed by atoms with E-state index in [1.54, 1.807) is 13.8 Å². The Hall–Kier alpha value is -1.56. The van der Waals surface area contributed by atoms with E-state index in [0.29, 0.717) is 6.54 Å². The van der Waals surface area contributed by atoms with E-state index in [4.69, 9.17) is 10.5 Å². The third kappa shape index (κ3) is 4.78. The molecular weight excluding hydrogens is 330 g/mol. The number of hydrogen-bond donors (Lipinski definition) is 2. The van der Waals surface area contributed by atoms with Gasteiger partial charge in [-0.3, -0.25) is 10.5 Å². The molecule has 0 aromatic rings. The first-order chi connectivity index (χ1) is 11.9. The molecule has 2 rings (SSSR count). The molecule has 2 aliphatic rings. The number of carbonyl (C=O) groups is 2. The van der Waals surface area contributed by atoms with Crippen LogP contribution in [0.5, 0.6) is 0 Å². The van der Waals surface area contributed by atoms with Crippen LogP contribution in [0, 0.1) is 11.3 Å². The molecule has 6 heteroatoms. The molecule has 1 aliphatic heterocycles. The second kappa shape index (κ2) is 7.59. The first-order valence-corrected chi connectivity index (χ1v) is 9.66. The van der Waals surface area contributed by atoms with E-state index in [2.05, 4.69) is 25.7 Å². The highest BCUT2D eigenvalue weighted by atomic mass is 16.6. The van der Waals surface area contributed by atoms with Gasteiger partial charge >= 0.3 is 6.09 Å². The molecule has 1 saturated heterocycles. The number of nitrogens with two attached hydrogens (primary N) is 1. The maximum atomic E-state index is 13.3. The average molecular weight is 366 g/mol. The minimum absolute atomic E-state index is 0.00450. The molecule has 2 unspecified atom stereocenters. The quantitative estimate of drug-likeness (QED) is 0.579. The summed E-state index contributed by atoms with van der Waals surface area (Å²) in [5.41, 5.74) is 5.68. The van der Waals surface area contributed by atoms with Gasteiger partial charge in [-0.2, -0.15) is 0 Å². The summed E-state index contributed by atoms with van der Waals surface area (Å²) in [5, 5.41) is 2.82. The molecule has 0 bridgehead atoms. The van der Waals surface area contributed by atoms with E-state index in [0.717, 1.165) is 31.3 Å². The molecule has 2 atom stereocenters. The predicted octanol–water partition coefficient (Wildman–Crippen LogP) is 3.17. The minimum Gasteiger partial charge on any atom is -0.429 e. The lowest BCUT2D eigenvalue weighted by molar-refractivity contribution is -0.152. The van der Waals surface area contributed by atoms with E-state index in [9.17, 15) is 9.59 Å². The highest BCUT2D eigenvalue weighted by Gasteiger charge is 2.50. The van der Waals surface area contributed by atoms with Gasteiger partial charge < -0.3 is 15.0 Å². The van der Waals surface area contributed by atoms with Crippen LogP contribution in [0.2, 0.25) is 0 Å². The number of amides is 2. The van der Waals surface area contributed by atoms with Crippen molar-refractivity contribution in [2.24, 2.45) is 17.1 Å². The van der Waals surface area contributed by atoms with Crippen molar-refractivity contribution < 1.29 is 14.3 Å². The molecule has 1 aliphatic carbocycles. The molecule has 0 aromatic carbocycles. The zero-order valence-corrected chi connectivity index (χ0v) is 16.9. The molecule has 2 amide bonds. The Morgan fingerprint density at radius 3 is 2.31 bits per heavy atom. The van der Waals surface area contributed by atoms with Crippen molar-refractivity contribution in [2.45, 2.75) is 84.5 Å². The van der Waals surface area contributed by atoms with Crippen LogP contribution in [0.3, 0.4) is 0 Å². The van der Waals surface area contributed by atoms with Crippen molar-refractivity contribution in [2.75, 3.05) is 6.54 Å². The molecule has 1 heterocycles. The van der Waals surface area contributed by atoms with Gasteiger partial charge in [0.15, 0.2) is 5.72 Å². The summed E-state index contributed by atoms with van der Waals surface area (Å²) in [6.45, 7) is 14.2. The maximum Gasteiger partial charge on any atom is 0.409 e. The van der Waals surface area contributed by atoms with Crippen LogP contribution in [0.25, 0.3) is 0 Å². The monoisotopic (exact) mass is 365 g/mol. The molecule has 2 fully saturated rings. The van der Waals surface area contributed by atoms with Crippen molar-refractivity contribution in [3.63, 3.8) is 0 Å². The van der Waals surface area contributed by atoms with Gasteiger partial charge in [0.1, 0.15) is 6.04 Å². The number of nitrogens with zero attached hydrogens (tertiary/aromatic N) is 1. The fraction of sp³-hybridized carbons (Fsp3) is 0.800. The number of nitrogens with one attached hydrogen (secondary N) is 1. The summed E-state index contributed by atoms with van der Waals surface area (Å²) in [5.74, 6) is 0.107. The summed E-state index contributed by atoms with van der Waals surface area (Å²) in [6.07, 6.45) is 4.61. The highest BCUT2D eigenvalue weighted by Crippen LogP contribution is 2.41. The highest BCUT2D eigenvalue weighted by molar-refractivity contribution is 5.87. The van der Waals surface area contributed by atoms with Gasteiger partial charge in [-0.05, 0) is 39.5 Å². The van der Waals surface area contributed by atoms with Crippen LogP contribution in [0.15, 0.2) is 12.2 Å². The molecule has 3 N–H and O–H groups in total. The van der Waals surface area contributed by atoms with Crippen LogP contribution in [0.1, 0.15) is 66.7 Å². The van der Waals surface area contributed by atoms with Crippen molar-refractivity contribution in [1.29, 1.82) is 0 Å². The normalized spacial score (nSPS) is 24.4. The fourth-order valence-corrected chi connectivity index (χ4v) is 4.49. The summed E-state index contributed by atoms with van der Waals surface area (Å²) in [6, 6.07) is -0.562. The zero-order valence-electron chi connectivity index (χ0n) is 16.9. The molecule has 148 valence electrons. The van der Waals surface area contributed by atoms with Gasteiger partial charge in [0, 0.05) is 12.0 Å². The largest absolute Gasteiger partial charge is 0.429 e. The Labute approximate surface area is 157 Å². The van der Waals surface area contributed by atoms with E-state index in [1.807, 2.05) is 11.8 Å². The van der Waals surface area contributed by atoms with Gasteiger partial charge in [-0.1, -0.05) is 45.3 Å². The molecular formula is C20H35N3O3. The number of carbonyl (C=O) groups excluding carboxylic acids is 2. The van der Waals surface area contributed by atoms with Crippen LogP contribution >= 0.6 is 0 Å². The van der Waals surface area contributed by atoms with E-state index < -0.39 is 17.9 Å². The van der Waals surface area contributed by atoms with Crippen LogP contribution < -0.4 is 11.1 Å².